The molecule has 0 aliphatic heterocycles. The largest absolute Gasteiger partial charge is 0.504 e. The van der Waals surface area contributed by atoms with Crippen LogP contribution in [-0.2, 0) is 5.41 Å². The van der Waals surface area contributed by atoms with E-state index in [2.05, 4.69) is 0 Å². The lowest BCUT2D eigenvalue weighted by Gasteiger charge is -2.41. The van der Waals surface area contributed by atoms with Crippen LogP contribution in [0.25, 0.3) is 0 Å². The normalized spacial score (nSPS) is 16.5. The Labute approximate surface area is 151 Å². The van der Waals surface area contributed by atoms with E-state index in [9.17, 15) is 30.6 Å². The lowest BCUT2D eigenvalue weighted by Crippen LogP contribution is -2.32. The van der Waals surface area contributed by atoms with E-state index in [0.717, 1.165) is 19.3 Å². The number of aromatic hydroxyl groups is 6. The van der Waals surface area contributed by atoms with Crippen LogP contribution in [0.5, 0.6) is 34.5 Å². The molecule has 0 spiro atoms. The molecule has 0 bridgehead atoms. The van der Waals surface area contributed by atoms with Gasteiger partial charge in [-0.25, -0.2) is 0 Å². The van der Waals surface area contributed by atoms with Gasteiger partial charge in [0.1, 0.15) is 0 Å². The molecule has 1 fully saturated rings. The predicted octanol–water partition coefficient (Wildman–Crippen LogP) is 3.79. The molecular formula is C20H24O6. The molecule has 1 aliphatic carbocycles. The molecule has 0 radical (unpaired) electrons. The fraction of sp³-hybridized carbons (Fsp3) is 0.400. The number of hydrogen-bond acceptors (Lipinski definition) is 6. The van der Waals surface area contributed by atoms with Gasteiger partial charge >= 0.3 is 0 Å². The van der Waals surface area contributed by atoms with Crippen LogP contribution in [0.4, 0.5) is 0 Å². The van der Waals surface area contributed by atoms with Crippen LogP contribution in [0.2, 0.25) is 0 Å². The number of phenolic OH excluding ortho intramolecular Hbond substituents is 6. The standard InChI is InChI=1S/C20H24O6/c1-10-12(8-14(21)18(25)16(10)23)20(6-4-3-5-7-20)13-9-15(22)19(26)17(24)11(13)2/h8-9,21-26H,3-7H2,1-2H3. The van der Waals surface area contributed by atoms with Gasteiger partial charge in [0.05, 0.1) is 0 Å². The maximum Gasteiger partial charge on any atom is 0.200 e. The quantitative estimate of drug-likeness (QED) is 0.453. The lowest BCUT2D eigenvalue weighted by molar-refractivity contribution is 0.324. The Balaban J connectivity index is 2.36. The molecule has 1 aliphatic rings. The minimum absolute atomic E-state index is 0.380. The van der Waals surface area contributed by atoms with Gasteiger partial charge in [0.2, 0.25) is 11.5 Å². The molecule has 1 saturated carbocycles. The molecule has 6 nitrogen and oxygen atoms in total. The molecule has 3 rings (SSSR count). The zero-order valence-electron chi connectivity index (χ0n) is 14.9. The van der Waals surface area contributed by atoms with Crippen molar-refractivity contribution in [2.24, 2.45) is 0 Å². The van der Waals surface area contributed by atoms with E-state index in [0.29, 0.717) is 35.1 Å². The van der Waals surface area contributed by atoms with Crippen LogP contribution in [0.15, 0.2) is 12.1 Å². The highest BCUT2D eigenvalue weighted by Gasteiger charge is 2.40. The van der Waals surface area contributed by atoms with Crippen LogP contribution in [0, 0.1) is 13.8 Å². The van der Waals surface area contributed by atoms with Crippen molar-refractivity contribution in [2.75, 3.05) is 0 Å². The average molecular weight is 360 g/mol. The molecule has 0 heterocycles. The maximum absolute atomic E-state index is 10.2. The third-order valence-corrected chi connectivity index (χ3v) is 5.75. The van der Waals surface area contributed by atoms with Gasteiger partial charge in [-0.3, -0.25) is 0 Å². The first-order valence-electron chi connectivity index (χ1n) is 8.70. The van der Waals surface area contributed by atoms with E-state index in [4.69, 9.17) is 0 Å². The van der Waals surface area contributed by atoms with E-state index in [1.165, 1.54) is 12.1 Å². The van der Waals surface area contributed by atoms with Gasteiger partial charge < -0.3 is 30.6 Å². The summed E-state index contributed by atoms with van der Waals surface area (Å²) in [6, 6.07) is 2.88. The van der Waals surface area contributed by atoms with Crippen LogP contribution >= 0.6 is 0 Å². The van der Waals surface area contributed by atoms with Gasteiger partial charge in [0.25, 0.3) is 0 Å². The van der Waals surface area contributed by atoms with Crippen LogP contribution < -0.4 is 0 Å². The van der Waals surface area contributed by atoms with E-state index >= 15 is 0 Å². The molecular weight excluding hydrogens is 336 g/mol. The Morgan fingerprint density at radius 3 is 1.38 bits per heavy atom. The Morgan fingerprint density at radius 2 is 1.00 bits per heavy atom. The SMILES string of the molecule is Cc1c(C2(c3cc(O)c(O)c(O)c3C)CCCCC2)cc(O)c(O)c1O. The van der Waals surface area contributed by atoms with Gasteiger partial charge in [0, 0.05) is 5.41 Å². The molecule has 2 aromatic carbocycles. The maximum atomic E-state index is 10.2. The summed E-state index contributed by atoms with van der Waals surface area (Å²) < 4.78 is 0. The summed E-state index contributed by atoms with van der Waals surface area (Å²) in [7, 11) is 0. The molecule has 2 aromatic rings. The second-order valence-corrected chi connectivity index (χ2v) is 7.17. The third-order valence-electron chi connectivity index (χ3n) is 5.75. The zero-order chi connectivity index (χ0) is 19.2. The molecule has 0 amide bonds. The third kappa shape index (κ3) is 2.48. The molecule has 0 unspecified atom stereocenters. The summed E-state index contributed by atoms with van der Waals surface area (Å²) in [5.74, 6) is -2.73. The van der Waals surface area contributed by atoms with E-state index in [1.807, 2.05) is 0 Å². The minimum Gasteiger partial charge on any atom is -0.504 e. The highest BCUT2D eigenvalue weighted by atomic mass is 16.3. The van der Waals surface area contributed by atoms with Crippen molar-refractivity contribution >= 4 is 0 Å². The zero-order valence-corrected chi connectivity index (χ0v) is 14.9. The van der Waals surface area contributed by atoms with Crippen molar-refractivity contribution in [3.05, 3.63) is 34.4 Å². The number of phenols is 6. The van der Waals surface area contributed by atoms with Crippen molar-refractivity contribution < 1.29 is 30.6 Å². The first-order chi connectivity index (χ1) is 12.2. The highest BCUT2D eigenvalue weighted by Crippen LogP contribution is 2.54. The smallest absolute Gasteiger partial charge is 0.200 e. The van der Waals surface area contributed by atoms with E-state index in [1.54, 1.807) is 13.8 Å². The van der Waals surface area contributed by atoms with Gasteiger partial charge in [-0.15, -0.1) is 0 Å². The van der Waals surface area contributed by atoms with Gasteiger partial charge in [-0.05, 0) is 61.1 Å². The van der Waals surface area contributed by atoms with Gasteiger partial charge in [-0.1, -0.05) is 19.3 Å². The van der Waals surface area contributed by atoms with Crippen LogP contribution in [0.3, 0.4) is 0 Å². The minimum atomic E-state index is -0.669. The van der Waals surface area contributed by atoms with Crippen molar-refractivity contribution in [3.8, 4) is 34.5 Å². The van der Waals surface area contributed by atoms with E-state index < -0.39 is 28.4 Å². The molecule has 0 aromatic heterocycles. The average Bonchev–Trinajstić information content (AvgIpc) is 2.64. The molecule has 0 atom stereocenters. The second kappa shape index (κ2) is 6.20. The summed E-state index contributed by atoms with van der Waals surface area (Å²) in [6.45, 7) is 3.32. The predicted molar refractivity (Wildman–Crippen MR) is 96.2 cm³/mol. The van der Waals surface area contributed by atoms with Crippen molar-refractivity contribution in [1.29, 1.82) is 0 Å². The summed E-state index contributed by atoms with van der Waals surface area (Å²) >= 11 is 0. The van der Waals surface area contributed by atoms with Crippen molar-refractivity contribution in [1.82, 2.24) is 0 Å². The van der Waals surface area contributed by atoms with Gasteiger partial charge in [-0.2, -0.15) is 0 Å². The van der Waals surface area contributed by atoms with Crippen molar-refractivity contribution in [3.63, 3.8) is 0 Å². The summed E-state index contributed by atoms with van der Waals surface area (Å²) in [6.07, 6.45) is 4.18. The van der Waals surface area contributed by atoms with Crippen molar-refractivity contribution in [2.45, 2.75) is 51.4 Å². The molecule has 6 N–H and O–H groups in total. The summed E-state index contributed by atoms with van der Waals surface area (Å²) in [4.78, 5) is 0. The first kappa shape index (κ1) is 18.0. The number of benzene rings is 2. The Hall–Kier alpha value is -2.76. The number of rotatable bonds is 2. The summed E-state index contributed by atoms with van der Waals surface area (Å²) in [5.41, 5.74) is 1.48. The molecule has 140 valence electrons. The summed E-state index contributed by atoms with van der Waals surface area (Å²) in [5, 5.41) is 60.3. The Morgan fingerprint density at radius 1 is 0.615 bits per heavy atom. The topological polar surface area (TPSA) is 121 Å². The number of hydrogen-bond donors (Lipinski definition) is 6. The lowest BCUT2D eigenvalue weighted by atomic mass is 9.63. The Kier molecular flexibility index (Phi) is 4.30. The molecule has 26 heavy (non-hydrogen) atoms. The fourth-order valence-corrected chi connectivity index (χ4v) is 4.31. The fourth-order valence-electron chi connectivity index (χ4n) is 4.31. The molecule has 6 heteroatoms. The van der Waals surface area contributed by atoms with Gasteiger partial charge in [0.15, 0.2) is 23.0 Å². The first-order valence-corrected chi connectivity index (χ1v) is 8.70. The van der Waals surface area contributed by atoms with E-state index in [-0.39, 0.29) is 11.5 Å². The van der Waals surface area contributed by atoms with Crippen LogP contribution in [0.1, 0.15) is 54.4 Å². The Bertz CT molecular complexity index is 800. The monoisotopic (exact) mass is 360 g/mol. The van der Waals surface area contributed by atoms with Crippen LogP contribution in [-0.4, -0.2) is 30.6 Å². The second-order valence-electron chi connectivity index (χ2n) is 7.17. The highest BCUT2D eigenvalue weighted by molar-refractivity contribution is 5.64. The molecule has 0 saturated heterocycles.